The number of hydrogen-bond acceptors (Lipinski definition) is 5. The van der Waals surface area contributed by atoms with E-state index in [1.807, 2.05) is 27.2 Å². The van der Waals surface area contributed by atoms with Crippen molar-refractivity contribution in [3.63, 3.8) is 0 Å². The number of rotatable bonds is 61. The van der Waals surface area contributed by atoms with Crippen molar-refractivity contribution in [1.29, 1.82) is 0 Å². The normalized spacial score (nSPS) is 14.2. The van der Waals surface area contributed by atoms with E-state index in [4.69, 9.17) is 9.05 Å². The molecule has 0 saturated carbocycles. The summed E-state index contributed by atoms with van der Waals surface area (Å²) < 4.78 is 23.8. The number of nitrogens with one attached hydrogen (secondary N) is 1. The maximum absolute atomic E-state index is 13.0. The van der Waals surface area contributed by atoms with Crippen molar-refractivity contribution in [2.75, 3.05) is 40.9 Å². The van der Waals surface area contributed by atoms with Crippen LogP contribution in [0.3, 0.4) is 0 Å². The lowest BCUT2D eigenvalue weighted by molar-refractivity contribution is -0.870. The highest BCUT2D eigenvalue weighted by Gasteiger charge is 2.28. The number of nitrogens with zero attached hydrogens (tertiary/aromatic N) is 1. The summed E-state index contributed by atoms with van der Waals surface area (Å²) >= 11 is 0. The van der Waals surface area contributed by atoms with Gasteiger partial charge < -0.3 is 19.8 Å². The standard InChI is InChI=1S/C69H129N2O6P/c1-6-8-10-12-14-16-18-20-22-24-26-28-30-32-33-34-35-36-37-39-41-43-45-47-49-51-53-55-57-59-61-63-69(73)70-67(66-77-78(74,75)76-65-64-71(3,4)5)68(72)62-60-58-56-54-52-50-48-46-44-42-40-38-31-29-27-25-23-21-19-17-15-13-11-9-7-2/h8,10,14,16,20,22,26,28,32-33,60,62,67-68,72H,6-7,9,11-13,15,17-19,21,23-25,27,29-31,34-59,61,63-66H2,1-5H3,(H-,70,73,74,75)/p+1/b10-8-,16-14-,22-20-,28-26-,33-32-,62-60+. The topological polar surface area (TPSA) is 105 Å². The van der Waals surface area contributed by atoms with Crippen molar-refractivity contribution in [2.24, 2.45) is 0 Å². The number of phosphoric ester groups is 1. The van der Waals surface area contributed by atoms with Crippen LogP contribution in [0.5, 0.6) is 0 Å². The zero-order valence-corrected chi connectivity index (χ0v) is 53.0. The van der Waals surface area contributed by atoms with Gasteiger partial charge in [0.1, 0.15) is 13.2 Å². The Morgan fingerprint density at radius 2 is 0.769 bits per heavy atom. The molecular formula is C69H130N2O6P+. The van der Waals surface area contributed by atoms with E-state index in [-0.39, 0.29) is 19.1 Å². The van der Waals surface area contributed by atoms with Crippen molar-refractivity contribution in [3.8, 4) is 0 Å². The van der Waals surface area contributed by atoms with E-state index >= 15 is 0 Å². The van der Waals surface area contributed by atoms with Gasteiger partial charge in [-0.2, -0.15) is 0 Å². The first-order chi connectivity index (χ1) is 38.0. The van der Waals surface area contributed by atoms with Crippen LogP contribution in [-0.2, 0) is 18.4 Å². The number of likely N-dealkylation sites (N-methyl/N-ethyl adjacent to an activating group) is 1. The lowest BCUT2D eigenvalue weighted by atomic mass is 10.0. The lowest BCUT2D eigenvalue weighted by Crippen LogP contribution is -2.45. The molecule has 3 atom stereocenters. The number of unbranched alkanes of at least 4 members (excludes halogenated alkanes) is 38. The van der Waals surface area contributed by atoms with Crippen LogP contribution in [0.2, 0.25) is 0 Å². The van der Waals surface area contributed by atoms with Crippen molar-refractivity contribution in [2.45, 2.75) is 321 Å². The van der Waals surface area contributed by atoms with Crippen LogP contribution in [0.1, 0.15) is 309 Å². The molecule has 0 aromatic carbocycles. The number of phosphoric acid groups is 1. The van der Waals surface area contributed by atoms with Gasteiger partial charge in [0, 0.05) is 6.42 Å². The molecule has 3 N–H and O–H groups in total. The zero-order chi connectivity index (χ0) is 57.0. The molecule has 456 valence electrons. The van der Waals surface area contributed by atoms with E-state index in [1.165, 1.54) is 218 Å². The van der Waals surface area contributed by atoms with E-state index < -0.39 is 20.0 Å². The highest BCUT2D eigenvalue weighted by atomic mass is 31.2. The number of carbonyl (C=O) groups is 1. The highest BCUT2D eigenvalue weighted by Crippen LogP contribution is 2.43. The summed E-state index contributed by atoms with van der Waals surface area (Å²) in [6, 6.07) is -0.851. The van der Waals surface area contributed by atoms with Crippen LogP contribution in [0, 0.1) is 0 Å². The molecule has 0 rings (SSSR count). The molecule has 0 aromatic rings. The van der Waals surface area contributed by atoms with Crippen LogP contribution < -0.4 is 5.32 Å². The number of aliphatic hydroxyl groups excluding tert-OH is 1. The molecule has 1 amide bonds. The number of aliphatic hydroxyl groups is 1. The van der Waals surface area contributed by atoms with E-state index in [0.717, 1.165) is 70.6 Å². The minimum atomic E-state index is -4.35. The summed E-state index contributed by atoms with van der Waals surface area (Å²) in [7, 11) is 1.58. The maximum atomic E-state index is 13.0. The molecule has 0 aliphatic carbocycles. The van der Waals surface area contributed by atoms with Gasteiger partial charge in [-0.1, -0.05) is 311 Å². The second-order valence-corrected chi connectivity index (χ2v) is 25.3. The molecule has 9 heteroatoms. The lowest BCUT2D eigenvalue weighted by Gasteiger charge is -2.25. The third-order valence-corrected chi connectivity index (χ3v) is 15.9. The average Bonchev–Trinajstić information content (AvgIpc) is 3.41. The van der Waals surface area contributed by atoms with Crippen molar-refractivity contribution in [1.82, 2.24) is 5.32 Å². The summed E-state index contributed by atoms with van der Waals surface area (Å²) in [6.45, 7) is 4.74. The molecule has 78 heavy (non-hydrogen) atoms. The zero-order valence-electron chi connectivity index (χ0n) is 52.2. The molecule has 8 nitrogen and oxygen atoms in total. The van der Waals surface area contributed by atoms with Gasteiger partial charge in [0.05, 0.1) is 39.9 Å². The predicted octanol–water partition coefficient (Wildman–Crippen LogP) is 21.0. The molecule has 0 aromatic heterocycles. The molecule has 0 aliphatic rings. The van der Waals surface area contributed by atoms with Gasteiger partial charge in [-0.25, -0.2) is 4.57 Å². The van der Waals surface area contributed by atoms with Crippen LogP contribution in [-0.4, -0.2) is 73.4 Å². The Bertz CT molecular complexity index is 1500. The van der Waals surface area contributed by atoms with Gasteiger partial charge in [0.2, 0.25) is 5.91 Å². The van der Waals surface area contributed by atoms with E-state index in [2.05, 4.69) is 79.9 Å². The van der Waals surface area contributed by atoms with Gasteiger partial charge in [0.15, 0.2) is 0 Å². The summed E-state index contributed by atoms with van der Waals surface area (Å²) in [5, 5.41) is 14.0. The van der Waals surface area contributed by atoms with Crippen LogP contribution in [0.15, 0.2) is 72.9 Å². The third-order valence-electron chi connectivity index (χ3n) is 14.9. The molecule has 0 saturated heterocycles. The van der Waals surface area contributed by atoms with Crippen molar-refractivity contribution < 1.29 is 32.9 Å². The predicted molar refractivity (Wildman–Crippen MR) is 341 cm³/mol. The fourth-order valence-corrected chi connectivity index (χ4v) is 10.5. The van der Waals surface area contributed by atoms with Gasteiger partial charge in [-0.05, 0) is 64.2 Å². The summed E-state index contributed by atoms with van der Waals surface area (Å²) in [5.41, 5.74) is 0. The fraction of sp³-hybridized carbons (Fsp3) is 0.812. The van der Waals surface area contributed by atoms with Crippen molar-refractivity contribution >= 4 is 13.7 Å². The van der Waals surface area contributed by atoms with E-state index in [1.54, 1.807) is 6.08 Å². The minimum Gasteiger partial charge on any atom is -0.387 e. The van der Waals surface area contributed by atoms with Gasteiger partial charge >= 0.3 is 7.82 Å². The first-order valence-electron chi connectivity index (χ1n) is 33.3. The molecule has 0 aliphatic heterocycles. The van der Waals surface area contributed by atoms with Gasteiger partial charge in [0.25, 0.3) is 0 Å². The SMILES string of the molecule is CC/C=C\C/C=C\C/C=C\C/C=C\C/C=C\CCCCCCCCCCCCCCCCCC(=O)NC(COP(=O)(O)OCC[N+](C)(C)C)C(O)/C=C/CCCCCCCCCCCCCCCCCCCCCCCCC. The Labute approximate surface area is 484 Å². The van der Waals surface area contributed by atoms with Crippen LogP contribution in [0.4, 0.5) is 0 Å². The molecule has 0 spiro atoms. The molecule has 0 fully saturated rings. The van der Waals surface area contributed by atoms with E-state index in [0.29, 0.717) is 17.4 Å². The average molecular weight is 1110 g/mol. The van der Waals surface area contributed by atoms with Gasteiger partial charge in [-0.3, -0.25) is 13.8 Å². The van der Waals surface area contributed by atoms with E-state index in [9.17, 15) is 19.4 Å². The third kappa shape index (κ3) is 61.6. The van der Waals surface area contributed by atoms with Gasteiger partial charge in [-0.15, -0.1) is 0 Å². The Morgan fingerprint density at radius 3 is 1.13 bits per heavy atom. The quantitative estimate of drug-likeness (QED) is 0.0243. The molecule has 0 heterocycles. The minimum absolute atomic E-state index is 0.0605. The van der Waals surface area contributed by atoms with Crippen LogP contribution >= 0.6 is 7.82 Å². The summed E-state index contributed by atoms with van der Waals surface area (Å²) in [6.07, 6.45) is 83.1. The monoisotopic (exact) mass is 1110 g/mol. The first kappa shape index (κ1) is 75.9. The largest absolute Gasteiger partial charge is 0.472 e. The molecule has 3 unspecified atom stereocenters. The molecule has 0 bridgehead atoms. The highest BCUT2D eigenvalue weighted by molar-refractivity contribution is 7.47. The number of amides is 1. The first-order valence-corrected chi connectivity index (χ1v) is 34.8. The Balaban J connectivity index is 4.10. The summed E-state index contributed by atoms with van der Waals surface area (Å²) in [5.74, 6) is -0.175. The molecule has 0 radical (unpaired) electrons. The maximum Gasteiger partial charge on any atom is 0.472 e. The smallest absolute Gasteiger partial charge is 0.387 e. The number of carbonyl (C=O) groups excluding carboxylic acids is 1. The van der Waals surface area contributed by atoms with Crippen LogP contribution in [0.25, 0.3) is 0 Å². The molecular weight excluding hydrogens is 984 g/mol. The second-order valence-electron chi connectivity index (χ2n) is 23.8. The number of hydrogen-bond donors (Lipinski definition) is 3. The Morgan fingerprint density at radius 1 is 0.449 bits per heavy atom. The Kier molecular flexibility index (Phi) is 58.0. The fourth-order valence-electron chi connectivity index (χ4n) is 9.78. The summed E-state index contributed by atoms with van der Waals surface area (Å²) in [4.78, 5) is 23.4. The van der Waals surface area contributed by atoms with Crippen molar-refractivity contribution in [3.05, 3.63) is 72.9 Å². The second kappa shape index (κ2) is 59.6. The Hall–Kier alpha value is -2.06. The number of allylic oxidation sites excluding steroid dienone is 11. The number of quaternary nitrogens is 1.